The summed E-state index contributed by atoms with van der Waals surface area (Å²) >= 11 is 0. The van der Waals surface area contributed by atoms with Gasteiger partial charge in [0.2, 0.25) is 11.7 Å². The number of ether oxygens (including phenoxy) is 2. The Morgan fingerprint density at radius 2 is 2.15 bits per heavy atom. The first-order chi connectivity index (χ1) is 13.1. The Kier molecular flexibility index (Phi) is 4.90. The molecule has 6 heteroatoms. The van der Waals surface area contributed by atoms with Crippen molar-refractivity contribution in [1.82, 2.24) is 14.5 Å². The minimum absolute atomic E-state index is 0.0504. The first-order valence-electron chi connectivity index (χ1n) is 9.27. The van der Waals surface area contributed by atoms with Crippen molar-refractivity contribution in [2.24, 2.45) is 0 Å². The Labute approximate surface area is 158 Å². The van der Waals surface area contributed by atoms with Gasteiger partial charge in [0.15, 0.2) is 6.61 Å². The molecular formula is C21H23N3O3. The third-order valence-corrected chi connectivity index (χ3v) is 5.13. The van der Waals surface area contributed by atoms with Crippen LogP contribution in [-0.2, 0) is 11.3 Å². The SMILES string of the molecule is Cc1cc(C(=O)COc2ncnc3ccccc23)c(C)n1CC1CCCO1. The van der Waals surface area contributed by atoms with Gasteiger partial charge in [-0.2, -0.15) is 0 Å². The van der Waals surface area contributed by atoms with E-state index < -0.39 is 0 Å². The van der Waals surface area contributed by atoms with E-state index in [1.165, 1.54) is 6.33 Å². The number of nitrogens with zero attached hydrogens (tertiary/aromatic N) is 3. The molecule has 3 aromatic rings. The van der Waals surface area contributed by atoms with Crippen LogP contribution in [0.25, 0.3) is 10.9 Å². The van der Waals surface area contributed by atoms with Crippen LogP contribution in [-0.4, -0.2) is 39.6 Å². The molecule has 6 nitrogen and oxygen atoms in total. The topological polar surface area (TPSA) is 66.2 Å². The fourth-order valence-corrected chi connectivity index (χ4v) is 3.66. The van der Waals surface area contributed by atoms with Gasteiger partial charge < -0.3 is 14.0 Å². The fraction of sp³-hybridized carbons (Fsp3) is 0.381. The summed E-state index contributed by atoms with van der Waals surface area (Å²) in [7, 11) is 0. The summed E-state index contributed by atoms with van der Waals surface area (Å²) < 4.78 is 13.6. The molecule has 0 amide bonds. The number of carbonyl (C=O) groups excluding carboxylic acids is 1. The van der Waals surface area contributed by atoms with Crippen molar-refractivity contribution < 1.29 is 14.3 Å². The average Bonchev–Trinajstić information content (AvgIpc) is 3.30. The second kappa shape index (κ2) is 7.48. The van der Waals surface area contributed by atoms with E-state index in [9.17, 15) is 4.79 Å². The Morgan fingerprint density at radius 3 is 2.96 bits per heavy atom. The van der Waals surface area contributed by atoms with Crippen molar-refractivity contribution in [2.45, 2.75) is 39.3 Å². The number of Topliss-reactive ketones (excluding diaryl/α,β-unsaturated/α-hetero) is 1. The van der Waals surface area contributed by atoms with Crippen LogP contribution in [0.4, 0.5) is 0 Å². The van der Waals surface area contributed by atoms with E-state index in [1.807, 2.05) is 44.2 Å². The lowest BCUT2D eigenvalue weighted by Crippen LogP contribution is -2.18. The summed E-state index contributed by atoms with van der Waals surface area (Å²) in [4.78, 5) is 21.2. The third kappa shape index (κ3) is 3.57. The quantitative estimate of drug-likeness (QED) is 0.626. The van der Waals surface area contributed by atoms with Crippen LogP contribution in [0.3, 0.4) is 0 Å². The maximum Gasteiger partial charge on any atom is 0.224 e. The van der Waals surface area contributed by atoms with Crippen molar-refractivity contribution in [1.29, 1.82) is 0 Å². The zero-order chi connectivity index (χ0) is 18.8. The van der Waals surface area contributed by atoms with Crippen molar-refractivity contribution in [2.75, 3.05) is 13.2 Å². The monoisotopic (exact) mass is 365 g/mol. The molecule has 1 unspecified atom stereocenters. The second-order valence-electron chi connectivity index (χ2n) is 6.94. The van der Waals surface area contributed by atoms with Crippen molar-refractivity contribution in [3.05, 3.63) is 53.6 Å². The van der Waals surface area contributed by atoms with Gasteiger partial charge in [0, 0.05) is 30.1 Å². The summed E-state index contributed by atoms with van der Waals surface area (Å²) in [5, 5.41) is 0.802. The highest BCUT2D eigenvalue weighted by atomic mass is 16.5. The third-order valence-electron chi connectivity index (χ3n) is 5.13. The molecule has 1 saturated heterocycles. The van der Waals surface area contributed by atoms with Crippen LogP contribution in [0.5, 0.6) is 5.88 Å². The summed E-state index contributed by atoms with van der Waals surface area (Å²) in [6.07, 6.45) is 3.87. The van der Waals surface area contributed by atoms with Gasteiger partial charge in [0.05, 0.1) is 17.0 Å². The molecule has 3 heterocycles. The lowest BCUT2D eigenvalue weighted by atomic mass is 10.1. The van der Waals surface area contributed by atoms with Gasteiger partial charge in [-0.15, -0.1) is 0 Å². The molecule has 0 N–H and O–H groups in total. The lowest BCUT2D eigenvalue weighted by Gasteiger charge is -2.14. The molecule has 1 atom stereocenters. The molecule has 1 aromatic carbocycles. The number of rotatable bonds is 6. The van der Waals surface area contributed by atoms with E-state index in [-0.39, 0.29) is 18.5 Å². The largest absolute Gasteiger partial charge is 0.469 e. The highest BCUT2D eigenvalue weighted by Crippen LogP contribution is 2.23. The summed E-state index contributed by atoms with van der Waals surface area (Å²) in [5.41, 5.74) is 3.52. The van der Waals surface area contributed by atoms with Crippen LogP contribution < -0.4 is 4.74 Å². The van der Waals surface area contributed by atoms with Gasteiger partial charge in [0.1, 0.15) is 6.33 Å². The Bertz CT molecular complexity index is 969. The molecule has 140 valence electrons. The highest BCUT2D eigenvalue weighted by Gasteiger charge is 2.21. The molecule has 0 bridgehead atoms. The zero-order valence-corrected chi connectivity index (χ0v) is 15.6. The molecule has 27 heavy (non-hydrogen) atoms. The van der Waals surface area contributed by atoms with E-state index in [1.54, 1.807) is 0 Å². The maximum absolute atomic E-state index is 12.8. The Balaban J connectivity index is 1.49. The van der Waals surface area contributed by atoms with Crippen LogP contribution in [0.15, 0.2) is 36.7 Å². The van der Waals surface area contributed by atoms with E-state index in [2.05, 4.69) is 14.5 Å². The average molecular weight is 365 g/mol. The predicted molar refractivity (Wildman–Crippen MR) is 102 cm³/mol. The standard InChI is InChI=1S/C21H23N3O3/c1-14-10-18(15(2)24(14)11-16-6-5-9-26-16)20(25)12-27-21-17-7-3-4-8-19(17)22-13-23-21/h3-4,7-8,10,13,16H,5-6,9,11-12H2,1-2H3. The minimum Gasteiger partial charge on any atom is -0.469 e. The molecule has 1 aliphatic heterocycles. The fourth-order valence-electron chi connectivity index (χ4n) is 3.66. The maximum atomic E-state index is 12.8. The van der Waals surface area contributed by atoms with E-state index in [0.29, 0.717) is 11.4 Å². The summed E-state index contributed by atoms with van der Waals surface area (Å²) in [6, 6.07) is 9.54. The highest BCUT2D eigenvalue weighted by molar-refractivity contribution is 5.98. The molecule has 1 aliphatic rings. The van der Waals surface area contributed by atoms with E-state index in [4.69, 9.17) is 9.47 Å². The molecule has 0 radical (unpaired) electrons. The number of benzene rings is 1. The van der Waals surface area contributed by atoms with Gasteiger partial charge in [0.25, 0.3) is 0 Å². The van der Waals surface area contributed by atoms with Gasteiger partial charge in [-0.25, -0.2) is 9.97 Å². The molecule has 1 fully saturated rings. The second-order valence-corrected chi connectivity index (χ2v) is 6.94. The number of fused-ring (bicyclic) bond motifs is 1. The van der Waals surface area contributed by atoms with Gasteiger partial charge >= 0.3 is 0 Å². The number of hydrogen-bond donors (Lipinski definition) is 0. The minimum atomic E-state index is -0.0515. The predicted octanol–water partition coefficient (Wildman–Crippen LogP) is 3.49. The van der Waals surface area contributed by atoms with E-state index >= 15 is 0 Å². The molecule has 0 saturated carbocycles. The van der Waals surface area contributed by atoms with Gasteiger partial charge in [-0.05, 0) is 44.9 Å². The first kappa shape index (κ1) is 17.7. The number of hydrogen-bond acceptors (Lipinski definition) is 5. The number of aromatic nitrogens is 3. The van der Waals surface area contributed by atoms with Crippen molar-refractivity contribution in [3.8, 4) is 5.88 Å². The number of carbonyl (C=O) groups is 1. The summed E-state index contributed by atoms with van der Waals surface area (Å²) in [5.74, 6) is 0.381. The van der Waals surface area contributed by atoms with Crippen LogP contribution >= 0.6 is 0 Å². The molecular weight excluding hydrogens is 342 g/mol. The molecule has 0 spiro atoms. The normalized spacial score (nSPS) is 16.7. The Morgan fingerprint density at radius 1 is 1.30 bits per heavy atom. The van der Waals surface area contributed by atoms with Crippen LogP contribution in [0.1, 0.15) is 34.6 Å². The first-order valence-corrected chi connectivity index (χ1v) is 9.27. The smallest absolute Gasteiger partial charge is 0.224 e. The van der Waals surface area contributed by atoms with Gasteiger partial charge in [-0.1, -0.05) is 12.1 Å². The lowest BCUT2D eigenvalue weighted by molar-refractivity contribution is 0.0912. The molecule has 4 rings (SSSR count). The zero-order valence-electron chi connectivity index (χ0n) is 15.6. The van der Waals surface area contributed by atoms with Crippen LogP contribution in [0, 0.1) is 13.8 Å². The molecule has 2 aromatic heterocycles. The van der Waals surface area contributed by atoms with Crippen molar-refractivity contribution in [3.63, 3.8) is 0 Å². The van der Waals surface area contributed by atoms with Crippen LogP contribution in [0.2, 0.25) is 0 Å². The van der Waals surface area contributed by atoms with E-state index in [0.717, 1.165) is 48.3 Å². The summed E-state index contributed by atoms with van der Waals surface area (Å²) in [6.45, 7) is 5.58. The van der Waals surface area contributed by atoms with Gasteiger partial charge in [-0.3, -0.25) is 4.79 Å². The molecule has 0 aliphatic carbocycles. The Hall–Kier alpha value is -2.73. The number of aryl methyl sites for hydroxylation is 1. The number of ketones is 1. The van der Waals surface area contributed by atoms with Crippen molar-refractivity contribution >= 4 is 16.7 Å². The number of para-hydroxylation sites is 1.